The average molecular weight is 699 g/mol. The van der Waals surface area contributed by atoms with E-state index < -0.39 is 75.9 Å². The summed E-state index contributed by atoms with van der Waals surface area (Å²) < 4.78 is 36.0. The second-order valence-electron chi connectivity index (χ2n) is 15.6. The van der Waals surface area contributed by atoms with Gasteiger partial charge in [-0.2, -0.15) is 0 Å². The van der Waals surface area contributed by atoms with Gasteiger partial charge in [0.25, 0.3) is 0 Å². The first-order valence-electron chi connectivity index (χ1n) is 17.7. The van der Waals surface area contributed by atoms with Crippen LogP contribution in [-0.2, 0) is 49.3 Å². The maximum Gasteiger partial charge on any atom is 0.303 e. The van der Waals surface area contributed by atoms with Gasteiger partial charge < -0.3 is 33.5 Å². The van der Waals surface area contributed by atoms with Crippen LogP contribution in [0.1, 0.15) is 85.3 Å². The quantitative estimate of drug-likeness (QED) is 0.199. The number of fused-ring (bicyclic) bond motifs is 5. The number of benzene rings is 1. The summed E-state index contributed by atoms with van der Waals surface area (Å²) >= 11 is 0. The van der Waals surface area contributed by atoms with Crippen molar-refractivity contribution in [1.82, 2.24) is 0 Å². The Bertz CT molecular complexity index is 1540. The highest BCUT2D eigenvalue weighted by atomic mass is 16.6. The fourth-order valence-corrected chi connectivity index (χ4v) is 10.8. The number of aliphatic hydroxyl groups is 1. The maximum atomic E-state index is 13.1. The Balaban J connectivity index is 1.69. The van der Waals surface area contributed by atoms with Gasteiger partial charge in [-0.3, -0.25) is 19.2 Å². The molecule has 4 aliphatic rings. The van der Waals surface area contributed by atoms with Gasteiger partial charge in [-0.05, 0) is 80.6 Å². The highest BCUT2D eigenvalue weighted by Gasteiger charge is 2.76. The maximum absolute atomic E-state index is 13.1. The van der Waals surface area contributed by atoms with E-state index in [1.807, 2.05) is 39.0 Å². The van der Waals surface area contributed by atoms with Crippen molar-refractivity contribution in [1.29, 1.82) is 0 Å². The predicted molar refractivity (Wildman–Crippen MR) is 182 cm³/mol. The molecule has 3 aliphatic carbocycles. The van der Waals surface area contributed by atoms with Gasteiger partial charge in [-0.1, -0.05) is 31.5 Å². The van der Waals surface area contributed by atoms with Crippen molar-refractivity contribution in [3.8, 4) is 5.75 Å². The largest absolute Gasteiger partial charge is 0.496 e. The molecular formula is C39H54O11. The monoisotopic (exact) mass is 698 g/mol. The zero-order valence-corrected chi connectivity index (χ0v) is 31.0. The van der Waals surface area contributed by atoms with Gasteiger partial charge in [-0.25, -0.2) is 0 Å². The van der Waals surface area contributed by atoms with E-state index in [9.17, 15) is 24.3 Å². The summed E-state index contributed by atoms with van der Waals surface area (Å²) in [6.45, 7) is 14.1. The van der Waals surface area contributed by atoms with Crippen molar-refractivity contribution in [2.75, 3.05) is 26.9 Å². The topological polar surface area (TPSA) is 144 Å². The van der Waals surface area contributed by atoms with Gasteiger partial charge in [0.15, 0.2) is 0 Å². The first kappa shape index (κ1) is 37.8. The van der Waals surface area contributed by atoms with Gasteiger partial charge >= 0.3 is 23.9 Å². The van der Waals surface area contributed by atoms with E-state index in [0.29, 0.717) is 44.3 Å². The lowest BCUT2D eigenvalue weighted by Crippen LogP contribution is -2.74. The molecule has 0 aromatic heterocycles. The second kappa shape index (κ2) is 13.9. The third-order valence-corrected chi connectivity index (χ3v) is 12.7. The fraction of sp³-hybridized carbons (Fsp3) is 0.692. The first-order chi connectivity index (χ1) is 23.4. The van der Waals surface area contributed by atoms with Gasteiger partial charge in [0.05, 0.1) is 32.5 Å². The van der Waals surface area contributed by atoms with Crippen LogP contribution in [0.3, 0.4) is 0 Å². The Morgan fingerprint density at radius 2 is 1.60 bits per heavy atom. The third-order valence-electron chi connectivity index (χ3n) is 12.7. The molecule has 1 aromatic rings. The summed E-state index contributed by atoms with van der Waals surface area (Å²) in [6, 6.07) is 5.99. The zero-order chi connectivity index (χ0) is 36.8. The van der Waals surface area contributed by atoms with E-state index in [4.69, 9.17) is 28.4 Å². The molecule has 1 N–H and O–H groups in total. The molecule has 0 amide bonds. The van der Waals surface area contributed by atoms with Gasteiger partial charge in [-0.15, -0.1) is 0 Å². The molecule has 276 valence electrons. The minimum atomic E-state index is -1.32. The molecule has 1 heterocycles. The highest BCUT2D eigenvalue weighted by Crippen LogP contribution is 2.72. The summed E-state index contributed by atoms with van der Waals surface area (Å²) in [5.41, 5.74) is -1.00. The molecule has 0 bridgehead atoms. The molecule has 2 saturated carbocycles. The number of carbonyl (C=O) groups excluding carboxylic acids is 4. The molecule has 1 aliphatic heterocycles. The second-order valence-corrected chi connectivity index (χ2v) is 15.6. The lowest BCUT2D eigenvalue weighted by molar-refractivity contribution is -0.287. The van der Waals surface area contributed by atoms with Crippen LogP contribution in [0.25, 0.3) is 0 Å². The smallest absolute Gasteiger partial charge is 0.303 e. The number of hydrogen-bond acceptors (Lipinski definition) is 11. The molecule has 3 fully saturated rings. The van der Waals surface area contributed by atoms with Crippen molar-refractivity contribution in [2.45, 2.75) is 111 Å². The van der Waals surface area contributed by atoms with Gasteiger partial charge in [0, 0.05) is 50.4 Å². The summed E-state index contributed by atoms with van der Waals surface area (Å²) in [7, 11) is 1.63. The van der Waals surface area contributed by atoms with Gasteiger partial charge in [0.2, 0.25) is 0 Å². The number of esters is 4. The summed E-state index contributed by atoms with van der Waals surface area (Å²) in [5.74, 6) is -2.47. The highest BCUT2D eigenvalue weighted by molar-refractivity contribution is 5.68. The van der Waals surface area contributed by atoms with Crippen molar-refractivity contribution in [3.05, 3.63) is 41.0 Å². The van der Waals surface area contributed by atoms with E-state index in [2.05, 4.69) is 13.0 Å². The molecular weight excluding hydrogens is 644 g/mol. The van der Waals surface area contributed by atoms with Crippen LogP contribution >= 0.6 is 0 Å². The fourth-order valence-electron chi connectivity index (χ4n) is 10.8. The molecule has 11 heteroatoms. The molecule has 1 aromatic carbocycles. The number of rotatable bonds is 10. The Morgan fingerprint density at radius 3 is 2.22 bits per heavy atom. The lowest BCUT2D eigenvalue weighted by Gasteiger charge is -2.70. The molecule has 11 nitrogen and oxygen atoms in total. The predicted octanol–water partition coefficient (Wildman–Crippen LogP) is 5.06. The van der Waals surface area contributed by atoms with Crippen LogP contribution in [0.4, 0.5) is 0 Å². The first-order valence-corrected chi connectivity index (χ1v) is 17.7. The molecule has 10 atom stereocenters. The minimum Gasteiger partial charge on any atom is -0.496 e. The molecule has 0 radical (unpaired) electrons. The zero-order valence-electron chi connectivity index (χ0n) is 31.0. The van der Waals surface area contributed by atoms with Crippen LogP contribution in [-0.4, -0.2) is 79.8 Å². The summed E-state index contributed by atoms with van der Waals surface area (Å²) in [6.07, 6.45) is 1.55. The van der Waals surface area contributed by atoms with E-state index in [0.717, 1.165) is 16.9 Å². The van der Waals surface area contributed by atoms with E-state index in [1.54, 1.807) is 7.11 Å². The van der Waals surface area contributed by atoms with E-state index >= 15 is 0 Å². The van der Waals surface area contributed by atoms with Crippen LogP contribution < -0.4 is 4.74 Å². The third kappa shape index (κ3) is 6.33. The summed E-state index contributed by atoms with van der Waals surface area (Å²) in [5, 5.41) is 13.0. The van der Waals surface area contributed by atoms with Crippen LogP contribution in [0.15, 0.2) is 29.8 Å². The Labute approximate surface area is 295 Å². The lowest BCUT2D eigenvalue weighted by atomic mass is 9.36. The van der Waals surface area contributed by atoms with Crippen molar-refractivity contribution >= 4 is 23.9 Å². The minimum absolute atomic E-state index is 0.0700. The number of aryl methyl sites for hydroxylation is 2. The van der Waals surface area contributed by atoms with Crippen LogP contribution in [0, 0.1) is 40.9 Å². The van der Waals surface area contributed by atoms with Crippen LogP contribution in [0.2, 0.25) is 0 Å². The normalized spacial score (nSPS) is 37.3. The number of carbonyl (C=O) groups is 4. The van der Waals surface area contributed by atoms with Gasteiger partial charge in [0.1, 0.15) is 24.1 Å². The molecule has 5 rings (SSSR count). The van der Waals surface area contributed by atoms with E-state index in [1.165, 1.54) is 27.7 Å². The molecule has 0 spiro atoms. The number of hydrogen-bond donors (Lipinski definition) is 1. The standard InChI is InChI=1S/C39H54O11/c1-22-10-11-29(45-9)28(18-22)12-15-39(44)23(2)19-32(48-25(4)41)37(8)30(39)13-14-36(7)31-20-46-21-38(31,16-17-47-24(3)40)35(50-27(6)43)33(34(36)37)49-26(5)42/h10-11,18-19,30-35,44H,12-17,20-21H2,1-9H3/t30-,31+,32-,33+,34?,35+,36+,37-,38+,39-/m1/s1. The number of ether oxygens (including phenoxy) is 6. The van der Waals surface area contributed by atoms with Crippen molar-refractivity contribution in [3.63, 3.8) is 0 Å². The Morgan fingerprint density at radius 1 is 0.920 bits per heavy atom. The van der Waals surface area contributed by atoms with E-state index in [-0.39, 0.29) is 19.1 Å². The SMILES string of the molecule is COc1ccc(C)cc1CC[C@@]1(O)C(C)=C[C@@H](OC(C)=O)[C@]2(C)C3[C@H](OC(C)=O)[C@H](OC(C)=O)[C@@]4(CCOC(C)=O)COC[C@H]4[C@]3(C)CC[C@H]21. The number of methoxy groups -OCH3 is 1. The van der Waals surface area contributed by atoms with Crippen LogP contribution in [0.5, 0.6) is 5.75 Å². The molecule has 1 saturated heterocycles. The van der Waals surface area contributed by atoms with Crippen molar-refractivity contribution in [2.24, 2.45) is 34.0 Å². The molecule has 50 heavy (non-hydrogen) atoms. The summed E-state index contributed by atoms with van der Waals surface area (Å²) in [4.78, 5) is 50.6. The van der Waals surface area contributed by atoms with Crippen molar-refractivity contribution < 1.29 is 52.7 Å². The Kier molecular flexibility index (Phi) is 10.5. The molecule has 1 unspecified atom stereocenters. The average Bonchev–Trinajstić information content (AvgIpc) is 3.46. The Hall–Kier alpha value is -3.44.